The van der Waals surface area contributed by atoms with Gasteiger partial charge in [0.25, 0.3) is 0 Å². The molecule has 5 heteroatoms. The van der Waals surface area contributed by atoms with Crippen molar-refractivity contribution in [2.75, 3.05) is 27.9 Å². The summed E-state index contributed by atoms with van der Waals surface area (Å²) in [5.74, 6) is 2.19. The summed E-state index contributed by atoms with van der Waals surface area (Å²) in [5.41, 5.74) is 2.33. The summed E-state index contributed by atoms with van der Waals surface area (Å²) in [4.78, 5) is 4.24. The van der Waals surface area contributed by atoms with Crippen LogP contribution in [0.3, 0.4) is 0 Å². The van der Waals surface area contributed by atoms with Gasteiger partial charge in [-0.15, -0.1) is 0 Å². The second kappa shape index (κ2) is 8.54. The summed E-state index contributed by atoms with van der Waals surface area (Å²) in [6, 6.07) is 12.2. The minimum absolute atomic E-state index is 0.671. The van der Waals surface area contributed by atoms with Gasteiger partial charge in [0.2, 0.25) is 0 Å². The summed E-state index contributed by atoms with van der Waals surface area (Å²) in [6.07, 6.45) is 4.57. The Morgan fingerprint density at radius 3 is 2.42 bits per heavy atom. The van der Waals surface area contributed by atoms with E-state index in [1.165, 1.54) is 16.3 Å². The van der Waals surface area contributed by atoms with Crippen LogP contribution in [-0.2, 0) is 13.0 Å². The Morgan fingerprint density at radius 1 is 0.885 bits per heavy atom. The number of rotatable bonds is 8. The summed E-state index contributed by atoms with van der Waals surface area (Å²) < 4.78 is 16.2. The Hall–Kier alpha value is -2.79. The third kappa shape index (κ3) is 3.89. The third-order valence-electron chi connectivity index (χ3n) is 4.45. The zero-order chi connectivity index (χ0) is 18.4. The van der Waals surface area contributed by atoms with Crippen LogP contribution in [-0.4, -0.2) is 32.9 Å². The molecular formula is C21H24N2O3. The molecule has 0 aliphatic carbocycles. The van der Waals surface area contributed by atoms with Crippen LogP contribution in [0.1, 0.15) is 11.1 Å². The first kappa shape index (κ1) is 18.0. The number of pyridine rings is 1. The van der Waals surface area contributed by atoms with E-state index in [-0.39, 0.29) is 0 Å². The predicted molar refractivity (Wildman–Crippen MR) is 103 cm³/mol. The third-order valence-corrected chi connectivity index (χ3v) is 4.45. The molecule has 0 aliphatic rings. The van der Waals surface area contributed by atoms with Crippen molar-refractivity contribution in [3.63, 3.8) is 0 Å². The molecule has 0 atom stereocenters. The molecule has 1 heterocycles. The number of hydrogen-bond acceptors (Lipinski definition) is 5. The normalized spacial score (nSPS) is 10.7. The van der Waals surface area contributed by atoms with Crippen LogP contribution >= 0.6 is 0 Å². The monoisotopic (exact) mass is 352 g/mol. The lowest BCUT2D eigenvalue weighted by Gasteiger charge is -2.14. The average molecular weight is 352 g/mol. The van der Waals surface area contributed by atoms with Crippen molar-refractivity contribution < 1.29 is 14.2 Å². The Morgan fingerprint density at radius 2 is 1.65 bits per heavy atom. The van der Waals surface area contributed by atoms with Gasteiger partial charge in [0, 0.05) is 30.4 Å². The highest BCUT2D eigenvalue weighted by atomic mass is 16.5. The number of ether oxygens (including phenoxy) is 3. The molecule has 26 heavy (non-hydrogen) atoms. The molecule has 136 valence electrons. The van der Waals surface area contributed by atoms with Gasteiger partial charge >= 0.3 is 0 Å². The van der Waals surface area contributed by atoms with Crippen molar-refractivity contribution in [1.82, 2.24) is 10.3 Å². The van der Waals surface area contributed by atoms with E-state index >= 15 is 0 Å². The molecule has 0 bridgehead atoms. The number of methoxy groups -OCH3 is 3. The predicted octanol–water partition coefficient (Wildman–Crippen LogP) is 3.59. The van der Waals surface area contributed by atoms with E-state index in [9.17, 15) is 0 Å². The van der Waals surface area contributed by atoms with Gasteiger partial charge in [-0.05, 0) is 41.6 Å². The highest BCUT2D eigenvalue weighted by molar-refractivity contribution is 5.84. The molecule has 0 saturated carbocycles. The molecule has 0 fully saturated rings. The van der Waals surface area contributed by atoms with Crippen molar-refractivity contribution >= 4 is 10.8 Å². The van der Waals surface area contributed by atoms with Gasteiger partial charge in [-0.25, -0.2) is 0 Å². The maximum Gasteiger partial charge on any atom is 0.164 e. The molecule has 5 nitrogen and oxygen atoms in total. The van der Waals surface area contributed by atoms with E-state index in [1.54, 1.807) is 21.3 Å². The van der Waals surface area contributed by atoms with Crippen LogP contribution in [0.2, 0.25) is 0 Å². The smallest absolute Gasteiger partial charge is 0.164 e. The Labute approximate surface area is 153 Å². The molecule has 0 radical (unpaired) electrons. The van der Waals surface area contributed by atoms with E-state index in [1.807, 2.05) is 30.6 Å². The maximum absolute atomic E-state index is 5.49. The molecule has 2 aromatic carbocycles. The molecule has 0 amide bonds. The van der Waals surface area contributed by atoms with E-state index in [4.69, 9.17) is 14.2 Å². The number of nitrogens with zero attached hydrogens (tertiary/aromatic N) is 1. The van der Waals surface area contributed by atoms with Crippen LogP contribution in [0.15, 0.2) is 48.8 Å². The van der Waals surface area contributed by atoms with Crippen molar-refractivity contribution in [1.29, 1.82) is 0 Å². The Balaban J connectivity index is 1.66. The van der Waals surface area contributed by atoms with Gasteiger partial charge in [-0.1, -0.05) is 18.2 Å². The largest absolute Gasteiger partial charge is 0.496 e. The summed E-state index contributed by atoms with van der Waals surface area (Å²) >= 11 is 0. The van der Waals surface area contributed by atoms with Crippen molar-refractivity contribution in [3.8, 4) is 17.2 Å². The first-order chi connectivity index (χ1) is 12.8. The van der Waals surface area contributed by atoms with Crippen molar-refractivity contribution in [3.05, 3.63) is 59.9 Å². The fraction of sp³-hybridized carbons (Fsp3) is 0.286. The van der Waals surface area contributed by atoms with Gasteiger partial charge in [0.05, 0.1) is 21.3 Å². The fourth-order valence-corrected chi connectivity index (χ4v) is 3.06. The quantitative estimate of drug-likeness (QED) is 0.628. The first-order valence-electron chi connectivity index (χ1n) is 8.58. The second-order valence-electron chi connectivity index (χ2n) is 5.96. The van der Waals surface area contributed by atoms with Crippen molar-refractivity contribution in [2.24, 2.45) is 0 Å². The summed E-state index contributed by atoms with van der Waals surface area (Å²) in [7, 11) is 4.93. The minimum atomic E-state index is 0.671. The van der Waals surface area contributed by atoms with E-state index in [0.29, 0.717) is 11.5 Å². The van der Waals surface area contributed by atoms with Gasteiger partial charge in [0.1, 0.15) is 5.75 Å². The summed E-state index contributed by atoms with van der Waals surface area (Å²) in [6.45, 7) is 1.61. The zero-order valence-electron chi connectivity index (χ0n) is 15.4. The molecule has 0 spiro atoms. The second-order valence-corrected chi connectivity index (χ2v) is 5.96. The van der Waals surface area contributed by atoms with E-state index < -0.39 is 0 Å². The molecule has 1 N–H and O–H groups in total. The first-order valence-corrected chi connectivity index (χ1v) is 8.58. The molecule has 0 unspecified atom stereocenters. The number of aromatic nitrogens is 1. The lowest BCUT2D eigenvalue weighted by molar-refractivity contribution is 0.347. The van der Waals surface area contributed by atoms with Crippen LogP contribution in [0.4, 0.5) is 0 Å². The molecule has 0 saturated heterocycles. The van der Waals surface area contributed by atoms with Gasteiger partial charge in [0.15, 0.2) is 11.5 Å². The molecular weight excluding hydrogens is 328 g/mol. The highest BCUT2D eigenvalue weighted by Gasteiger charge is 2.11. The standard InChI is InChI=1S/C21H24N2O3/c1-24-19-12-21(26-3)20(25-2)11-16(19)8-10-22-13-17-6-4-5-15-7-9-23-14-18(15)17/h4-7,9,11-12,14,22H,8,10,13H2,1-3H3. The van der Waals surface area contributed by atoms with Crippen LogP contribution < -0.4 is 19.5 Å². The molecule has 3 rings (SSSR count). The fourth-order valence-electron chi connectivity index (χ4n) is 3.06. The van der Waals surface area contributed by atoms with Crippen LogP contribution in [0.25, 0.3) is 10.8 Å². The van der Waals surface area contributed by atoms with Gasteiger partial charge < -0.3 is 19.5 Å². The molecule has 3 aromatic rings. The number of benzene rings is 2. The Bertz CT molecular complexity index is 875. The number of fused-ring (bicyclic) bond motifs is 1. The molecule has 0 aliphatic heterocycles. The number of hydrogen-bond donors (Lipinski definition) is 1. The SMILES string of the molecule is COc1cc(OC)c(OC)cc1CCNCc1cccc2ccncc12. The summed E-state index contributed by atoms with van der Waals surface area (Å²) in [5, 5.41) is 5.90. The van der Waals surface area contributed by atoms with E-state index in [0.717, 1.165) is 30.8 Å². The average Bonchev–Trinajstić information content (AvgIpc) is 2.70. The van der Waals surface area contributed by atoms with Crippen LogP contribution in [0.5, 0.6) is 17.2 Å². The maximum atomic E-state index is 5.49. The molecule has 1 aromatic heterocycles. The highest BCUT2D eigenvalue weighted by Crippen LogP contribution is 2.34. The van der Waals surface area contributed by atoms with Gasteiger partial charge in [-0.3, -0.25) is 4.98 Å². The number of nitrogens with one attached hydrogen (secondary N) is 1. The lowest BCUT2D eigenvalue weighted by Crippen LogP contribution is -2.17. The lowest BCUT2D eigenvalue weighted by atomic mass is 10.1. The van der Waals surface area contributed by atoms with Crippen molar-refractivity contribution in [2.45, 2.75) is 13.0 Å². The Kier molecular flexibility index (Phi) is 5.92. The zero-order valence-corrected chi connectivity index (χ0v) is 15.4. The van der Waals surface area contributed by atoms with E-state index in [2.05, 4.69) is 28.5 Å². The minimum Gasteiger partial charge on any atom is -0.496 e. The van der Waals surface area contributed by atoms with Crippen LogP contribution in [0, 0.1) is 0 Å². The van der Waals surface area contributed by atoms with Gasteiger partial charge in [-0.2, -0.15) is 0 Å². The topological polar surface area (TPSA) is 52.6 Å².